The highest BCUT2D eigenvalue weighted by atomic mass is 16.2. The fraction of sp³-hybridized carbons (Fsp3) is 0.357. The minimum Gasteiger partial charge on any atom is -0.351 e. The maximum absolute atomic E-state index is 11.7. The van der Waals surface area contributed by atoms with E-state index in [4.69, 9.17) is 12.2 Å². The molecule has 0 spiro atoms. The SMILES string of the molecule is C#CCC(C)NC(=O)[C@@H](N)Cc1ccccc1. The van der Waals surface area contributed by atoms with Gasteiger partial charge in [-0.05, 0) is 18.9 Å². The highest BCUT2D eigenvalue weighted by Crippen LogP contribution is 2.02. The van der Waals surface area contributed by atoms with E-state index in [2.05, 4.69) is 11.2 Å². The molecule has 1 aromatic carbocycles. The molecule has 1 aromatic rings. The first-order valence-corrected chi connectivity index (χ1v) is 5.67. The molecule has 0 fully saturated rings. The van der Waals surface area contributed by atoms with Crippen LogP contribution in [0.2, 0.25) is 0 Å². The summed E-state index contributed by atoms with van der Waals surface area (Å²) < 4.78 is 0. The van der Waals surface area contributed by atoms with Crippen LogP contribution in [0.5, 0.6) is 0 Å². The third-order valence-corrected chi connectivity index (χ3v) is 2.45. The molecule has 3 N–H and O–H groups in total. The number of benzene rings is 1. The summed E-state index contributed by atoms with van der Waals surface area (Å²) in [5.74, 6) is 2.35. The maximum atomic E-state index is 11.7. The quantitative estimate of drug-likeness (QED) is 0.744. The van der Waals surface area contributed by atoms with Crippen molar-refractivity contribution in [1.82, 2.24) is 5.32 Å². The predicted octanol–water partition coefficient (Wildman–Crippen LogP) is 1.08. The molecule has 3 nitrogen and oxygen atoms in total. The van der Waals surface area contributed by atoms with Crippen LogP contribution < -0.4 is 11.1 Å². The van der Waals surface area contributed by atoms with Gasteiger partial charge in [-0.2, -0.15) is 0 Å². The van der Waals surface area contributed by atoms with E-state index in [1.165, 1.54) is 0 Å². The van der Waals surface area contributed by atoms with Gasteiger partial charge in [0, 0.05) is 12.5 Å². The van der Waals surface area contributed by atoms with Gasteiger partial charge in [0.15, 0.2) is 0 Å². The van der Waals surface area contributed by atoms with Gasteiger partial charge in [-0.3, -0.25) is 4.79 Å². The molecule has 0 heterocycles. The van der Waals surface area contributed by atoms with E-state index in [1.807, 2.05) is 37.3 Å². The Balaban J connectivity index is 2.45. The molecule has 0 aliphatic carbocycles. The number of hydrogen-bond donors (Lipinski definition) is 2. The lowest BCUT2D eigenvalue weighted by atomic mass is 10.1. The van der Waals surface area contributed by atoms with Gasteiger partial charge in [-0.1, -0.05) is 30.3 Å². The van der Waals surface area contributed by atoms with Crippen molar-refractivity contribution in [2.75, 3.05) is 0 Å². The summed E-state index contributed by atoms with van der Waals surface area (Å²) in [5, 5.41) is 2.79. The first-order valence-electron chi connectivity index (χ1n) is 5.67. The highest BCUT2D eigenvalue weighted by Gasteiger charge is 2.15. The Bertz CT molecular complexity index is 394. The molecule has 1 rings (SSSR count). The Hall–Kier alpha value is -1.79. The topological polar surface area (TPSA) is 55.1 Å². The van der Waals surface area contributed by atoms with Crippen LogP contribution in [0.1, 0.15) is 18.9 Å². The first-order chi connectivity index (χ1) is 8.13. The minimum atomic E-state index is -0.530. The maximum Gasteiger partial charge on any atom is 0.237 e. The van der Waals surface area contributed by atoms with Crippen molar-refractivity contribution in [3.63, 3.8) is 0 Å². The summed E-state index contributed by atoms with van der Waals surface area (Å²) in [4.78, 5) is 11.7. The van der Waals surface area contributed by atoms with Crippen molar-refractivity contribution < 1.29 is 4.79 Å². The molecule has 2 atom stereocenters. The first kappa shape index (κ1) is 13.3. The molecule has 0 aliphatic heterocycles. The standard InChI is InChI=1S/C14H18N2O/c1-3-7-11(2)16-14(17)13(15)10-12-8-5-4-6-9-12/h1,4-6,8-9,11,13H,7,10,15H2,2H3,(H,16,17)/t11?,13-/m0/s1. The number of amides is 1. The van der Waals surface area contributed by atoms with E-state index in [0.29, 0.717) is 12.8 Å². The van der Waals surface area contributed by atoms with Crippen LogP contribution in [0.3, 0.4) is 0 Å². The van der Waals surface area contributed by atoms with E-state index in [-0.39, 0.29) is 11.9 Å². The number of carbonyl (C=O) groups is 1. The monoisotopic (exact) mass is 230 g/mol. The van der Waals surface area contributed by atoms with Crippen molar-refractivity contribution >= 4 is 5.91 Å². The predicted molar refractivity (Wildman–Crippen MR) is 69.2 cm³/mol. The van der Waals surface area contributed by atoms with Crippen LogP contribution in [-0.2, 0) is 11.2 Å². The van der Waals surface area contributed by atoms with Gasteiger partial charge >= 0.3 is 0 Å². The molecule has 0 bridgehead atoms. The number of rotatable bonds is 5. The summed E-state index contributed by atoms with van der Waals surface area (Å²) in [7, 11) is 0. The largest absolute Gasteiger partial charge is 0.351 e. The van der Waals surface area contributed by atoms with E-state index in [9.17, 15) is 4.79 Å². The second-order valence-electron chi connectivity index (χ2n) is 4.11. The lowest BCUT2D eigenvalue weighted by Crippen LogP contribution is -2.45. The Labute approximate surface area is 102 Å². The number of terminal acetylenes is 1. The Morgan fingerprint density at radius 1 is 1.47 bits per heavy atom. The number of nitrogens with one attached hydrogen (secondary N) is 1. The van der Waals surface area contributed by atoms with Gasteiger partial charge in [-0.15, -0.1) is 12.3 Å². The molecular weight excluding hydrogens is 212 g/mol. The Kier molecular flexibility index (Phi) is 5.25. The van der Waals surface area contributed by atoms with E-state index in [0.717, 1.165) is 5.56 Å². The smallest absolute Gasteiger partial charge is 0.237 e. The summed E-state index contributed by atoms with van der Waals surface area (Å²) in [6.07, 6.45) is 6.23. The van der Waals surface area contributed by atoms with Crippen LogP contribution in [0.15, 0.2) is 30.3 Å². The minimum absolute atomic E-state index is 0.0330. The lowest BCUT2D eigenvalue weighted by molar-refractivity contribution is -0.122. The number of hydrogen-bond acceptors (Lipinski definition) is 2. The van der Waals surface area contributed by atoms with Crippen molar-refractivity contribution in [2.45, 2.75) is 31.8 Å². The van der Waals surface area contributed by atoms with E-state index < -0.39 is 6.04 Å². The third kappa shape index (κ3) is 4.71. The molecule has 0 saturated carbocycles. The summed E-state index contributed by atoms with van der Waals surface area (Å²) in [5.41, 5.74) is 6.89. The average Bonchev–Trinajstić information content (AvgIpc) is 2.30. The molecule has 0 aliphatic rings. The summed E-state index contributed by atoms with van der Waals surface area (Å²) >= 11 is 0. The fourth-order valence-electron chi connectivity index (χ4n) is 1.54. The van der Waals surface area contributed by atoms with Crippen LogP contribution in [0.4, 0.5) is 0 Å². The second kappa shape index (κ2) is 6.72. The number of carbonyl (C=O) groups excluding carboxylic acids is 1. The number of nitrogens with two attached hydrogens (primary N) is 1. The van der Waals surface area contributed by atoms with E-state index >= 15 is 0 Å². The van der Waals surface area contributed by atoms with Crippen LogP contribution in [0, 0.1) is 12.3 Å². The zero-order valence-electron chi connectivity index (χ0n) is 10.0. The zero-order valence-corrected chi connectivity index (χ0v) is 10.0. The molecule has 1 unspecified atom stereocenters. The van der Waals surface area contributed by atoms with Crippen molar-refractivity contribution in [2.24, 2.45) is 5.73 Å². The van der Waals surface area contributed by atoms with Crippen LogP contribution >= 0.6 is 0 Å². The van der Waals surface area contributed by atoms with Crippen LogP contribution in [0.25, 0.3) is 0 Å². The summed E-state index contributed by atoms with van der Waals surface area (Å²) in [6, 6.07) is 9.15. The molecule has 3 heteroatoms. The molecule has 0 aromatic heterocycles. The second-order valence-corrected chi connectivity index (χ2v) is 4.11. The zero-order chi connectivity index (χ0) is 12.7. The Morgan fingerprint density at radius 3 is 2.71 bits per heavy atom. The molecule has 1 amide bonds. The van der Waals surface area contributed by atoms with Gasteiger partial charge < -0.3 is 11.1 Å². The van der Waals surface area contributed by atoms with Gasteiger partial charge in [0.1, 0.15) is 0 Å². The normalized spacial score (nSPS) is 13.5. The molecule has 90 valence electrons. The highest BCUT2D eigenvalue weighted by molar-refractivity contribution is 5.82. The van der Waals surface area contributed by atoms with Gasteiger partial charge in [0.2, 0.25) is 5.91 Å². The molecule has 17 heavy (non-hydrogen) atoms. The summed E-state index contributed by atoms with van der Waals surface area (Å²) in [6.45, 7) is 1.87. The van der Waals surface area contributed by atoms with Crippen molar-refractivity contribution in [3.8, 4) is 12.3 Å². The van der Waals surface area contributed by atoms with Crippen molar-refractivity contribution in [1.29, 1.82) is 0 Å². The fourth-order valence-corrected chi connectivity index (χ4v) is 1.54. The Morgan fingerprint density at radius 2 is 2.12 bits per heavy atom. The molecule has 0 radical (unpaired) electrons. The molecule has 0 saturated heterocycles. The molecular formula is C14H18N2O. The van der Waals surface area contributed by atoms with Gasteiger partial charge in [-0.25, -0.2) is 0 Å². The van der Waals surface area contributed by atoms with Crippen LogP contribution in [-0.4, -0.2) is 18.0 Å². The third-order valence-electron chi connectivity index (χ3n) is 2.45. The average molecular weight is 230 g/mol. The van der Waals surface area contributed by atoms with E-state index in [1.54, 1.807) is 0 Å². The lowest BCUT2D eigenvalue weighted by Gasteiger charge is -2.15. The van der Waals surface area contributed by atoms with Crippen molar-refractivity contribution in [3.05, 3.63) is 35.9 Å². The van der Waals surface area contributed by atoms with Gasteiger partial charge in [0.25, 0.3) is 0 Å². The van der Waals surface area contributed by atoms with Gasteiger partial charge in [0.05, 0.1) is 6.04 Å².